The molecular weight excluding hydrogens is 341 g/mol. The SMILES string of the molecule is CN=C(N)CCN1c2ccc(Cl)cc2C(C)(C)c2cc(Cl)ccc21. The first-order valence-corrected chi connectivity index (χ1v) is 8.69. The highest BCUT2D eigenvalue weighted by atomic mass is 35.5. The van der Waals surface area contributed by atoms with Gasteiger partial charge in [-0.15, -0.1) is 0 Å². The van der Waals surface area contributed by atoms with Crippen molar-refractivity contribution in [3.63, 3.8) is 0 Å². The summed E-state index contributed by atoms with van der Waals surface area (Å²) in [6.07, 6.45) is 0.695. The zero-order valence-corrected chi connectivity index (χ0v) is 15.6. The summed E-state index contributed by atoms with van der Waals surface area (Å²) in [5.41, 5.74) is 10.4. The highest BCUT2D eigenvalue weighted by Crippen LogP contribution is 2.50. The van der Waals surface area contributed by atoms with E-state index in [2.05, 4.69) is 35.9 Å². The lowest BCUT2D eigenvalue weighted by Crippen LogP contribution is -2.34. The molecule has 1 heterocycles. The minimum Gasteiger partial charge on any atom is -0.387 e. The Morgan fingerprint density at radius 2 is 1.54 bits per heavy atom. The Labute approximate surface area is 153 Å². The third-order valence-electron chi connectivity index (χ3n) is 4.72. The van der Waals surface area contributed by atoms with E-state index < -0.39 is 0 Å². The van der Waals surface area contributed by atoms with Crippen LogP contribution in [0.25, 0.3) is 0 Å². The number of benzene rings is 2. The summed E-state index contributed by atoms with van der Waals surface area (Å²) < 4.78 is 0. The number of fused-ring (bicyclic) bond motifs is 2. The molecule has 0 fully saturated rings. The van der Waals surface area contributed by atoms with Crippen LogP contribution in [-0.4, -0.2) is 19.4 Å². The first-order chi connectivity index (χ1) is 11.3. The van der Waals surface area contributed by atoms with Crippen molar-refractivity contribution in [2.75, 3.05) is 18.5 Å². The molecule has 0 aliphatic carbocycles. The van der Waals surface area contributed by atoms with Gasteiger partial charge in [0.25, 0.3) is 0 Å². The molecule has 24 heavy (non-hydrogen) atoms. The number of nitrogens with zero attached hydrogens (tertiary/aromatic N) is 2. The molecule has 0 radical (unpaired) electrons. The summed E-state index contributed by atoms with van der Waals surface area (Å²) >= 11 is 12.6. The van der Waals surface area contributed by atoms with Gasteiger partial charge < -0.3 is 10.6 Å². The normalized spacial score (nSPS) is 15.9. The third-order valence-corrected chi connectivity index (χ3v) is 5.19. The second-order valence-corrected chi connectivity index (χ2v) is 7.44. The summed E-state index contributed by atoms with van der Waals surface area (Å²) in [4.78, 5) is 6.35. The Balaban J connectivity index is 2.17. The van der Waals surface area contributed by atoms with E-state index in [1.54, 1.807) is 7.05 Å². The van der Waals surface area contributed by atoms with E-state index in [0.717, 1.165) is 28.0 Å². The van der Waals surface area contributed by atoms with Crippen LogP contribution in [0.1, 0.15) is 31.4 Å². The first-order valence-electron chi connectivity index (χ1n) is 7.93. The molecule has 0 aromatic heterocycles. The fourth-order valence-corrected chi connectivity index (χ4v) is 3.69. The predicted molar refractivity (Wildman–Crippen MR) is 104 cm³/mol. The van der Waals surface area contributed by atoms with E-state index in [4.69, 9.17) is 28.9 Å². The molecule has 0 spiro atoms. The van der Waals surface area contributed by atoms with Gasteiger partial charge in [-0.2, -0.15) is 0 Å². The van der Waals surface area contributed by atoms with E-state index in [9.17, 15) is 0 Å². The van der Waals surface area contributed by atoms with Crippen LogP contribution < -0.4 is 10.6 Å². The number of aliphatic imine (C=N–C) groups is 1. The summed E-state index contributed by atoms with van der Waals surface area (Å²) in [5, 5.41) is 1.48. The second-order valence-electron chi connectivity index (χ2n) is 6.56. The molecule has 0 amide bonds. The molecule has 0 bridgehead atoms. The van der Waals surface area contributed by atoms with E-state index in [1.807, 2.05) is 24.3 Å². The minimum atomic E-state index is -0.179. The van der Waals surface area contributed by atoms with Crippen LogP contribution in [0.2, 0.25) is 10.0 Å². The van der Waals surface area contributed by atoms with Crippen molar-refractivity contribution >= 4 is 40.4 Å². The monoisotopic (exact) mass is 361 g/mol. The Bertz CT molecular complexity index is 757. The Morgan fingerprint density at radius 1 is 1.04 bits per heavy atom. The van der Waals surface area contributed by atoms with Crippen molar-refractivity contribution in [3.05, 3.63) is 57.6 Å². The predicted octanol–water partition coefficient (Wildman–Crippen LogP) is 5.15. The number of nitrogens with two attached hydrogens (primary N) is 1. The van der Waals surface area contributed by atoms with Crippen LogP contribution >= 0.6 is 23.2 Å². The zero-order valence-electron chi connectivity index (χ0n) is 14.1. The molecular formula is C19H21Cl2N3. The third kappa shape index (κ3) is 2.87. The fraction of sp³-hybridized carbons (Fsp3) is 0.316. The molecule has 1 aliphatic rings. The van der Waals surface area contributed by atoms with Crippen molar-refractivity contribution in [3.8, 4) is 0 Å². The van der Waals surface area contributed by atoms with Gasteiger partial charge in [0.1, 0.15) is 0 Å². The van der Waals surface area contributed by atoms with Gasteiger partial charge in [-0.3, -0.25) is 4.99 Å². The van der Waals surface area contributed by atoms with Crippen LogP contribution in [0.15, 0.2) is 41.4 Å². The lowest BCUT2D eigenvalue weighted by Gasteiger charge is -2.42. The standard InChI is InChI=1S/C19H21Cl2N3/c1-19(2)14-10-12(20)4-6-16(14)24(9-8-18(22)23-3)17-7-5-13(21)11-15(17)19/h4-7,10-11H,8-9H2,1-3H3,(H2,22,23). The summed E-state index contributed by atoms with van der Waals surface area (Å²) in [6, 6.07) is 12.1. The van der Waals surface area contributed by atoms with Crippen LogP contribution in [0.5, 0.6) is 0 Å². The summed E-state index contributed by atoms with van der Waals surface area (Å²) in [5.74, 6) is 0.644. The molecule has 5 heteroatoms. The number of anilines is 2. The van der Waals surface area contributed by atoms with E-state index >= 15 is 0 Å². The quantitative estimate of drug-likeness (QED) is 0.606. The number of hydrogen-bond donors (Lipinski definition) is 1. The number of halogens is 2. The van der Waals surface area contributed by atoms with Crippen molar-refractivity contribution in [2.45, 2.75) is 25.7 Å². The van der Waals surface area contributed by atoms with Crippen LogP contribution in [-0.2, 0) is 5.41 Å². The Kier molecular flexibility index (Phi) is 4.50. The van der Waals surface area contributed by atoms with Crippen molar-refractivity contribution in [2.24, 2.45) is 10.7 Å². The second kappa shape index (κ2) is 6.30. The molecule has 2 aromatic carbocycles. The lowest BCUT2D eigenvalue weighted by molar-refractivity contribution is 0.624. The maximum absolute atomic E-state index is 6.28. The van der Waals surface area contributed by atoms with Crippen molar-refractivity contribution in [1.82, 2.24) is 0 Å². The highest BCUT2D eigenvalue weighted by Gasteiger charge is 2.36. The van der Waals surface area contributed by atoms with Crippen LogP contribution in [0, 0.1) is 0 Å². The molecule has 0 saturated carbocycles. The minimum absolute atomic E-state index is 0.179. The average Bonchev–Trinajstić information content (AvgIpc) is 2.55. The molecule has 0 atom stereocenters. The molecule has 126 valence electrons. The molecule has 3 nitrogen and oxygen atoms in total. The van der Waals surface area contributed by atoms with E-state index in [1.165, 1.54) is 11.1 Å². The van der Waals surface area contributed by atoms with Gasteiger partial charge in [-0.05, 0) is 47.5 Å². The first kappa shape index (κ1) is 17.1. The average molecular weight is 362 g/mol. The smallest absolute Gasteiger partial charge is 0.0951 e. The molecule has 2 aromatic rings. The van der Waals surface area contributed by atoms with Gasteiger partial charge in [0.05, 0.1) is 5.84 Å². The Hall–Kier alpha value is -1.71. The zero-order chi connectivity index (χ0) is 17.5. The van der Waals surface area contributed by atoms with Crippen molar-refractivity contribution in [1.29, 1.82) is 0 Å². The molecule has 0 unspecified atom stereocenters. The fourth-order valence-electron chi connectivity index (χ4n) is 3.34. The maximum Gasteiger partial charge on any atom is 0.0951 e. The molecule has 1 aliphatic heterocycles. The molecule has 0 saturated heterocycles. The number of hydrogen-bond acceptors (Lipinski definition) is 2. The van der Waals surface area contributed by atoms with Gasteiger partial charge in [-0.25, -0.2) is 0 Å². The number of amidine groups is 1. The van der Waals surface area contributed by atoms with Crippen LogP contribution in [0.4, 0.5) is 11.4 Å². The summed E-state index contributed by atoms with van der Waals surface area (Å²) in [6.45, 7) is 5.16. The maximum atomic E-state index is 6.28. The van der Waals surface area contributed by atoms with Gasteiger partial charge in [0.2, 0.25) is 0 Å². The van der Waals surface area contributed by atoms with E-state index in [0.29, 0.717) is 12.3 Å². The largest absolute Gasteiger partial charge is 0.387 e. The molecule has 3 rings (SSSR count). The van der Waals surface area contributed by atoms with Crippen molar-refractivity contribution < 1.29 is 0 Å². The van der Waals surface area contributed by atoms with Crippen LogP contribution in [0.3, 0.4) is 0 Å². The van der Waals surface area contributed by atoms with Gasteiger partial charge in [-0.1, -0.05) is 37.0 Å². The topological polar surface area (TPSA) is 41.6 Å². The molecule has 2 N–H and O–H groups in total. The number of rotatable bonds is 3. The highest BCUT2D eigenvalue weighted by molar-refractivity contribution is 6.31. The Morgan fingerprint density at radius 3 is 2.00 bits per heavy atom. The van der Waals surface area contributed by atoms with E-state index in [-0.39, 0.29) is 5.41 Å². The lowest BCUT2D eigenvalue weighted by atomic mass is 9.73. The van der Waals surface area contributed by atoms with Gasteiger partial charge >= 0.3 is 0 Å². The van der Waals surface area contributed by atoms with Gasteiger partial charge in [0, 0.05) is 46.8 Å². The summed E-state index contributed by atoms with van der Waals surface area (Å²) in [7, 11) is 1.72. The van der Waals surface area contributed by atoms with Gasteiger partial charge in [0.15, 0.2) is 0 Å².